The van der Waals surface area contributed by atoms with Gasteiger partial charge in [-0.3, -0.25) is 0 Å². The van der Waals surface area contributed by atoms with Gasteiger partial charge in [0.1, 0.15) is 11.9 Å². The summed E-state index contributed by atoms with van der Waals surface area (Å²) in [5, 5.41) is 10.2. The maximum atomic E-state index is 10.2. The van der Waals surface area contributed by atoms with E-state index >= 15 is 0 Å². The number of rotatable bonds is 6. The van der Waals surface area contributed by atoms with Crippen molar-refractivity contribution in [1.82, 2.24) is 0 Å². The van der Waals surface area contributed by atoms with E-state index < -0.39 is 12.2 Å². The van der Waals surface area contributed by atoms with Crippen molar-refractivity contribution in [2.45, 2.75) is 39.9 Å². The monoisotopic (exact) mass is 336 g/mol. The Morgan fingerprint density at radius 3 is 1.83 bits per heavy atom. The zero-order chi connectivity index (χ0) is 17.5. The Morgan fingerprint density at radius 2 is 1.35 bits per heavy atom. The molecule has 0 radical (unpaired) electrons. The molecule has 0 bridgehead atoms. The van der Waals surface area contributed by atoms with E-state index in [9.17, 15) is 5.11 Å². The molecule has 0 fully saturated rings. The first-order valence-electron chi connectivity index (χ1n) is 8.07. The van der Waals surface area contributed by atoms with Gasteiger partial charge >= 0.3 is 0 Å². The van der Waals surface area contributed by atoms with Crippen LogP contribution in [-0.2, 0) is 4.52 Å². The molecule has 0 aliphatic carbocycles. The normalized spacial score (nSPS) is 11.9. The van der Waals surface area contributed by atoms with Crippen LogP contribution in [0, 0.1) is 0 Å². The molecular formula is C19H29O3P. The van der Waals surface area contributed by atoms with Gasteiger partial charge in [0.25, 0.3) is 0 Å². The summed E-state index contributed by atoms with van der Waals surface area (Å²) in [5.74, 6) is 0.721. The van der Waals surface area contributed by atoms with E-state index in [1.165, 1.54) is 0 Å². The van der Waals surface area contributed by atoms with Crippen molar-refractivity contribution in [3.05, 3.63) is 66.2 Å². The minimum atomic E-state index is -0.736. The second-order valence-electron chi connectivity index (χ2n) is 4.16. The van der Waals surface area contributed by atoms with E-state index in [4.69, 9.17) is 9.26 Å². The van der Waals surface area contributed by atoms with Crippen LogP contribution >= 0.6 is 9.47 Å². The van der Waals surface area contributed by atoms with Gasteiger partial charge < -0.3 is 14.4 Å². The predicted molar refractivity (Wildman–Crippen MR) is 101 cm³/mol. The van der Waals surface area contributed by atoms with Crippen LogP contribution in [0.1, 0.15) is 39.4 Å². The molecule has 0 aliphatic rings. The molecule has 0 saturated carbocycles. The first kappa shape index (κ1) is 21.6. The van der Waals surface area contributed by atoms with Crippen LogP contribution in [0.15, 0.2) is 60.7 Å². The molecule has 1 N–H and O–H groups in total. The fourth-order valence-corrected chi connectivity index (χ4v) is 2.04. The van der Waals surface area contributed by atoms with Crippen molar-refractivity contribution in [3.8, 4) is 5.75 Å². The third-order valence-corrected chi connectivity index (χ3v) is 2.94. The molecule has 23 heavy (non-hydrogen) atoms. The van der Waals surface area contributed by atoms with Gasteiger partial charge in [0.2, 0.25) is 0 Å². The second kappa shape index (κ2) is 14.2. The van der Waals surface area contributed by atoms with Crippen molar-refractivity contribution >= 4 is 9.47 Å². The summed E-state index contributed by atoms with van der Waals surface area (Å²) in [7, 11) is 2.14. The Kier molecular flexibility index (Phi) is 13.3. The van der Waals surface area contributed by atoms with Gasteiger partial charge in [0.05, 0.1) is 6.61 Å². The van der Waals surface area contributed by atoms with Crippen LogP contribution in [0.4, 0.5) is 0 Å². The molecule has 2 rings (SSSR count). The van der Waals surface area contributed by atoms with Crippen molar-refractivity contribution in [2.24, 2.45) is 0 Å². The molecule has 0 aliphatic heterocycles. The lowest BCUT2D eigenvalue weighted by atomic mass is 10.0. The van der Waals surface area contributed by atoms with Gasteiger partial charge in [-0.1, -0.05) is 76.2 Å². The SMILES string of the molecule is CC.CC.O[C@H](COP)[C@@H](Oc1ccccc1)c1ccccc1. The molecule has 128 valence electrons. The molecule has 0 amide bonds. The van der Waals surface area contributed by atoms with Crippen molar-refractivity contribution < 1.29 is 14.4 Å². The summed E-state index contributed by atoms with van der Waals surface area (Å²) in [4.78, 5) is 0. The number of aliphatic hydroxyl groups excluding tert-OH is 1. The first-order valence-corrected chi connectivity index (χ1v) is 8.55. The molecular weight excluding hydrogens is 307 g/mol. The summed E-state index contributed by atoms with van der Waals surface area (Å²) >= 11 is 0. The molecule has 0 aromatic heterocycles. The Morgan fingerprint density at radius 1 is 0.870 bits per heavy atom. The van der Waals surface area contributed by atoms with Crippen molar-refractivity contribution in [1.29, 1.82) is 0 Å². The number of hydrogen-bond donors (Lipinski definition) is 1. The van der Waals surface area contributed by atoms with Gasteiger partial charge in [-0.25, -0.2) is 0 Å². The first-order chi connectivity index (χ1) is 11.3. The summed E-state index contributed by atoms with van der Waals surface area (Å²) in [6.45, 7) is 8.19. The molecule has 3 atom stereocenters. The lowest BCUT2D eigenvalue weighted by molar-refractivity contribution is 0.00908. The minimum Gasteiger partial charge on any atom is -0.483 e. The van der Waals surface area contributed by atoms with E-state index in [2.05, 4.69) is 9.47 Å². The molecule has 0 saturated heterocycles. The number of hydrogen-bond acceptors (Lipinski definition) is 3. The van der Waals surface area contributed by atoms with E-state index in [-0.39, 0.29) is 6.61 Å². The van der Waals surface area contributed by atoms with Crippen molar-refractivity contribution in [3.63, 3.8) is 0 Å². The van der Waals surface area contributed by atoms with Crippen LogP contribution in [0.3, 0.4) is 0 Å². The van der Waals surface area contributed by atoms with Crippen LogP contribution in [0.25, 0.3) is 0 Å². The second-order valence-corrected chi connectivity index (χ2v) is 4.50. The molecule has 2 aromatic carbocycles. The van der Waals surface area contributed by atoms with Gasteiger partial charge in [0.15, 0.2) is 6.10 Å². The fourth-order valence-electron chi connectivity index (χ4n) is 1.84. The average Bonchev–Trinajstić information content (AvgIpc) is 2.65. The standard InChI is InChI=1S/C15H17O3P.2C2H6/c16-14(11-17-19)15(12-7-3-1-4-8-12)18-13-9-5-2-6-10-13;2*1-2/h1-10,14-16H,11,19H2;2*1-2H3/t14-,15+;;/m1../s1. The number of benzene rings is 2. The highest BCUT2D eigenvalue weighted by Gasteiger charge is 2.23. The Balaban J connectivity index is 0.00000112. The van der Waals surface area contributed by atoms with E-state index in [0.29, 0.717) is 0 Å². The zero-order valence-electron chi connectivity index (χ0n) is 14.5. The maximum Gasteiger partial charge on any atom is 0.152 e. The number of aliphatic hydroxyl groups is 1. The lowest BCUT2D eigenvalue weighted by Crippen LogP contribution is -2.27. The van der Waals surface area contributed by atoms with Gasteiger partial charge in [0, 0.05) is 9.47 Å². The van der Waals surface area contributed by atoms with E-state index in [1.54, 1.807) is 0 Å². The maximum absolute atomic E-state index is 10.2. The van der Waals surface area contributed by atoms with Crippen LogP contribution < -0.4 is 4.74 Å². The molecule has 4 heteroatoms. The van der Waals surface area contributed by atoms with Gasteiger partial charge in [-0.15, -0.1) is 0 Å². The summed E-state index contributed by atoms with van der Waals surface area (Å²) in [6, 6.07) is 19.1. The topological polar surface area (TPSA) is 38.7 Å². The van der Waals surface area contributed by atoms with Crippen LogP contribution in [0.5, 0.6) is 5.75 Å². The fraction of sp³-hybridized carbons (Fsp3) is 0.368. The molecule has 0 spiro atoms. The Hall–Kier alpha value is -1.41. The average molecular weight is 336 g/mol. The third-order valence-electron chi connectivity index (χ3n) is 2.75. The highest BCUT2D eigenvalue weighted by Crippen LogP contribution is 2.25. The zero-order valence-corrected chi connectivity index (χ0v) is 15.6. The highest BCUT2D eigenvalue weighted by atomic mass is 31.0. The summed E-state index contributed by atoms with van der Waals surface area (Å²) in [6.07, 6.45) is -1.19. The van der Waals surface area contributed by atoms with E-state index in [0.717, 1.165) is 11.3 Å². The molecule has 2 aromatic rings. The summed E-state index contributed by atoms with van der Waals surface area (Å²) < 4.78 is 10.8. The minimum absolute atomic E-state index is 0.192. The summed E-state index contributed by atoms with van der Waals surface area (Å²) in [5.41, 5.74) is 0.918. The number of ether oxygens (including phenoxy) is 1. The third kappa shape index (κ3) is 8.13. The lowest BCUT2D eigenvalue weighted by Gasteiger charge is -2.24. The van der Waals surface area contributed by atoms with E-state index in [1.807, 2.05) is 88.4 Å². The Labute approximate surface area is 142 Å². The molecule has 0 heterocycles. The predicted octanol–water partition coefficient (Wildman–Crippen LogP) is 5.03. The smallest absolute Gasteiger partial charge is 0.152 e. The van der Waals surface area contributed by atoms with Gasteiger partial charge in [-0.05, 0) is 17.7 Å². The quantitative estimate of drug-likeness (QED) is 0.752. The highest BCUT2D eigenvalue weighted by molar-refractivity contribution is 7.09. The Bertz CT molecular complexity index is 476. The van der Waals surface area contributed by atoms with Crippen molar-refractivity contribution in [2.75, 3.05) is 6.61 Å². The number of para-hydroxylation sites is 1. The molecule has 3 nitrogen and oxygen atoms in total. The van der Waals surface area contributed by atoms with Crippen LogP contribution in [-0.4, -0.2) is 17.8 Å². The molecule has 1 unspecified atom stereocenters. The van der Waals surface area contributed by atoms with Crippen LogP contribution in [0.2, 0.25) is 0 Å². The van der Waals surface area contributed by atoms with Gasteiger partial charge in [-0.2, -0.15) is 0 Å². The largest absolute Gasteiger partial charge is 0.483 e.